The van der Waals surface area contributed by atoms with Gasteiger partial charge in [-0.15, -0.1) is 0 Å². The minimum absolute atomic E-state index is 0.0135. The van der Waals surface area contributed by atoms with Crippen molar-refractivity contribution >= 4 is 11.9 Å². The smallest absolute Gasteiger partial charge is 0.305 e. The topological polar surface area (TPSA) is 95.9 Å². The summed E-state index contributed by atoms with van der Waals surface area (Å²) in [6.45, 7) is 4.95. The number of amides is 1. The minimum Gasteiger partial charge on any atom is -0.466 e. The highest BCUT2D eigenvalue weighted by molar-refractivity contribution is 5.76. The maximum absolute atomic E-state index is 12.6. The molecule has 6 nitrogen and oxygen atoms in total. The molecule has 0 rings (SSSR count). The van der Waals surface area contributed by atoms with Gasteiger partial charge in [-0.2, -0.15) is 0 Å². The molecule has 0 fully saturated rings. The van der Waals surface area contributed by atoms with Crippen molar-refractivity contribution in [3.63, 3.8) is 0 Å². The van der Waals surface area contributed by atoms with Crippen LogP contribution in [0.25, 0.3) is 0 Å². The van der Waals surface area contributed by atoms with Gasteiger partial charge in [0.25, 0.3) is 0 Å². The van der Waals surface area contributed by atoms with Gasteiger partial charge >= 0.3 is 5.97 Å². The summed E-state index contributed by atoms with van der Waals surface area (Å²) >= 11 is 0. The Bertz CT molecular complexity index is 1490. The van der Waals surface area contributed by atoms with E-state index in [0.29, 0.717) is 19.4 Å². The second-order valence-electron chi connectivity index (χ2n) is 29.2. The van der Waals surface area contributed by atoms with Crippen LogP contribution < -0.4 is 5.32 Å². The Kier molecular flexibility index (Phi) is 79.8. The van der Waals surface area contributed by atoms with Crippen LogP contribution in [0.4, 0.5) is 0 Å². The lowest BCUT2D eigenvalue weighted by atomic mass is 10.0. The molecule has 1 amide bonds. The van der Waals surface area contributed by atoms with Crippen LogP contribution in [-0.4, -0.2) is 47.4 Å². The summed E-state index contributed by atoms with van der Waals surface area (Å²) < 4.78 is 5.50. The van der Waals surface area contributed by atoms with E-state index in [1.807, 2.05) is 6.08 Å². The number of unbranched alkanes of at least 4 members (excludes halogenated alkanes) is 65. The number of rotatable bonds is 80. The first-order chi connectivity index (χ1) is 45.5. The van der Waals surface area contributed by atoms with Crippen molar-refractivity contribution in [2.24, 2.45) is 0 Å². The molecule has 6 heteroatoms. The lowest BCUT2D eigenvalue weighted by Crippen LogP contribution is -2.45. The van der Waals surface area contributed by atoms with Gasteiger partial charge in [0.1, 0.15) is 0 Å². The molecular formula is C86H165NO5. The number of aliphatic hydroxyl groups excluding tert-OH is 2. The molecule has 0 aliphatic rings. The van der Waals surface area contributed by atoms with Crippen LogP contribution in [-0.2, 0) is 14.3 Å². The molecule has 0 aliphatic carbocycles. The number of hydrogen-bond acceptors (Lipinski definition) is 5. The van der Waals surface area contributed by atoms with Crippen LogP contribution in [0.3, 0.4) is 0 Å². The van der Waals surface area contributed by atoms with Crippen molar-refractivity contribution in [3.05, 3.63) is 36.5 Å². The molecule has 0 aliphatic heterocycles. The molecule has 0 bridgehead atoms. The fourth-order valence-electron chi connectivity index (χ4n) is 13.5. The Morgan fingerprint density at radius 3 is 0.772 bits per heavy atom. The van der Waals surface area contributed by atoms with Crippen LogP contribution in [0.1, 0.15) is 476 Å². The second kappa shape index (κ2) is 81.5. The average Bonchev–Trinajstić information content (AvgIpc) is 3.66. The molecule has 2 atom stereocenters. The maximum Gasteiger partial charge on any atom is 0.305 e. The molecule has 3 N–H and O–H groups in total. The zero-order valence-corrected chi connectivity index (χ0v) is 62.6. The van der Waals surface area contributed by atoms with Crippen molar-refractivity contribution < 1.29 is 24.5 Å². The van der Waals surface area contributed by atoms with E-state index in [9.17, 15) is 19.8 Å². The van der Waals surface area contributed by atoms with E-state index in [-0.39, 0.29) is 18.5 Å². The van der Waals surface area contributed by atoms with Crippen LogP contribution >= 0.6 is 0 Å². The summed E-state index contributed by atoms with van der Waals surface area (Å²) in [5, 5.41) is 23.3. The van der Waals surface area contributed by atoms with Gasteiger partial charge in [-0.3, -0.25) is 9.59 Å². The molecule has 0 heterocycles. The van der Waals surface area contributed by atoms with E-state index in [0.717, 1.165) is 44.9 Å². The van der Waals surface area contributed by atoms with Crippen molar-refractivity contribution in [2.45, 2.75) is 488 Å². The number of hydrogen-bond donors (Lipinski definition) is 3. The fraction of sp³-hybridized carbons (Fsp3) is 0.907. The lowest BCUT2D eigenvalue weighted by Gasteiger charge is -2.20. The van der Waals surface area contributed by atoms with Gasteiger partial charge in [-0.1, -0.05) is 416 Å². The van der Waals surface area contributed by atoms with Gasteiger partial charge in [0, 0.05) is 12.8 Å². The third kappa shape index (κ3) is 77.1. The predicted octanol–water partition coefficient (Wildman–Crippen LogP) is 28.2. The van der Waals surface area contributed by atoms with Crippen LogP contribution in [0.2, 0.25) is 0 Å². The first-order valence-corrected chi connectivity index (χ1v) is 42.3. The summed E-state index contributed by atoms with van der Waals surface area (Å²) in [5.41, 5.74) is 0. The highest BCUT2D eigenvalue weighted by Gasteiger charge is 2.18. The van der Waals surface area contributed by atoms with E-state index >= 15 is 0 Å². The second-order valence-corrected chi connectivity index (χ2v) is 29.2. The van der Waals surface area contributed by atoms with Gasteiger partial charge in [0.05, 0.1) is 25.4 Å². The van der Waals surface area contributed by atoms with Crippen molar-refractivity contribution in [1.82, 2.24) is 5.32 Å². The fourth-order valence-corrected chi connectivity index (χ4v) is 13.5. The molecule has 0 saturated heterocycles. The first kappa shape index (κ1) is 90.1. The number of nitrogens with one attached hydrogen (secondary N) is 1. The van der Waals surface area contributed by atoms with E-state index in [1.54, 1.807) is 6.08 Å². The largest absolute Gasteiger partial charge is 0.466 e. The standard InChI is InChI=1S/C86H165NO5/c1-3-5-7-9-11-13-15-17-19-20-21-22-23-39-42-45-48-51-54-58-62-66-70-74-78-84(89)83(82-88)87-85(90)79-75-71-67-63-59-55-52-49-46-43-40-37-35-33-31-29-27-25-24-26-28-30-32-34-36-38-41-44-47-50-53-57-61-65-69-73-77-81-92-86(91)80-76-72-68-64-60-56-18-16-14-12-10-8-6-4-2/h16,18,24,26,74,78,83-84,88-89H,3-15,17,19-23,25,27-73,75-77,79-82H2,1-2H3,(H,87,90)/b18-16-,26-24-,78-74+. The molecule has 0 aromatic rings. The number of ether oxygens (including phenoxy) is 1. The Labute approximate surface area is 576 Å². The average molecular weight is 1290 g/mol. The highest BCUT2D eigenvalue weighted by Crippen LogP contribution is 2.20. The van der Waals surface area contributed by atoms with Crippen molar-refractivity contribution in [3.8, 4) is 0 Å². The maximum atomic E-state index is 12.6. The van der Waals surface area contributed by atoms with Gasteiger partial charge in [-0.25, -0.2) is 0 Å². The predicted molar refractivity (Wildman–Crippen MR) is 407 cm³/mol. The number of allylic oxidation sites excluding steroid dienone is 5. The van der Waals surface area contributed by atoms with Gasteiger partial charge in [0.15, 0.2) is 0 Å². The van der Waals surface area contributed by atoms with Crippen LogP contribution in [0, 0.1) is 0 Å². The van der Waals surface area contributed by atoms with E-state index in [1.165, 1.54) is 405 Å². The monoisotopic (exact) mass is 1290 g/mol. The third-order valence-corrected chi connectivity index (χ3v) is 19.9. The first-order valence-electron chi connectivity index (χ1n) is 42.3. The summed E-state index contributed by atoms with van der Waals surface area (Å²) in [6, 6.07) is -0.626. The summed E-state index contributed by atoms with van der Waals surface area (Å²) in [6.07, 6.45) is 107. The van der Waals surface area contributed by atoms with Gasteiger partial charge in [0.2, 0.25) is 5.91 Å². The Morgan fingerprint density at radius 2 is 0.511 bits per heavy atom. The van der Waals surface area contributed by atoms with Crippen molar-refractivity contribution in [1.29, 1.82) is 0 Å². The Hall–Kier alpha value is -1.92. The molecule has 0 spiro atoms. The van der Waals surface area contributed by atoms with E-state index < -0.39 is 12.1 Å². The zero-order valence-electron chi connectivity index (χ0n) is 62.6. The van der Waals surface area contributed by atoms with Crippen LogP contribution in [0.5, 0.6) is 0 Å². The molecule has 92 heavy (non-hydrogen) atoms. The van der Waals surface area contributed by atoms with E-state index in [4.69, 9.17) is 4.74 Å². The quantitative estimate of drug-likeness (QED) is 0.0320. The number of aliphatic hydroxyl groups is 2. The number of carbonyl (C=O) groups excluding carboxylic acids is 2. The molecule has 0 aromatic heterocycles. The third-order valence-electron chi connectivity index (χ3n) is 19.9. The zero-order chi connectivity index (χ0) is 66.3. The van der Waals surface area contributed by atoms with Gasteiger partial charge < -0.3 is 20.3 Å². The Balaban J connectivity index is 3.36. The lowest BCUT2D eigenvalue weighted by molar-refractivity contribution is -0.143. The molecule has 2 unspecified atom stereocenters. The minimum atomic E-state index is -0.843. The molecule has 0 saturated carbocycles. The summed E-state index contributed by atoms with van der Waals surface area (Å²) in [5.74, 6) is -0.0452. The summed E-state index contributed by atoms with van der Waals surface area (Å²) in [7, 11) is 0. The Morgan fingerprint density at radius 1 is 0.293 bits per heavy atom. The number of esters is 1. The molecule has 544 valence electrons. The SMILES string of the molecule is CCCCCCC/C=C\CCCCCCCC(=O)OCCCCCCCCCCCCCCCCCC/C=C\CCCCCCCCCCCCCCCCCCCC(=O)NC(CO)C(O)/C=C/CCCCCCCCCCCCCCCCCCCCCCCC. The van der Waals surface area contributed by atoms with Crippen LogP contribution in [0.15, 0.2) is 36.5 Å². The highest BCUT2D eigenvalue weighted by atomic mass is 16.5. The number of carbonyl (C=O) groups is 2. The van der Waals surface area contributed by atoms with Crippen molar-refractivity contribution in [2.75, 3.05) is 13.2 Å². The van der Waals surface area contributed by atoms with E-state index in [2.05, 4.69) is 43.5 Å². The molecule has 0 radical (unpaired) electrons. The molecule has 0 aromatic carbocycles. The normalized spacial score (nSPS) is 12.6. The van der Waals surface area contributed by atoms with Gasteiger partial charge in [-0.05, 0) is 83.5 Å². The summed E-state index contributed by atoms with van der Waals surface area (Å²) in [4.78, 5) is 24.6. The molecular weight excluding hydrogens is 1130 g/mol.